The van der Waals surface area contributed by atoms with Gasteiger partial charge in [-0.15, -0.1) is 0 Å². The highest BCUT2D eigenvalue weighted by Gasteiger charge is 2.30. The molecule has 0 bridgehead atoms. The second kappa shape index (κ2) is 12.6. The summed E-state index contributed by atoms with van der Waals surface area (Å²) in [6, 6.07) is 22.3. The minimum atomic E-state index is -0.696. The SMILES string of the molecule is CCNC(=O)[C@@H](Cc1ccccc1)N(Cc1cccc(OC)c1)C(=O)COc1cccc(C)c1C. The van der Waals surface area contributed by atoms with Gasteiger partial charge in [0.15, 0.2) is 6.61 Å². The van der Waals surface area contributed by atoms with Crippen molar-refractivity contribution in [3.8, 4) is 11.5 Å². The molecule has 0 radical (unpaired) electrons. The van der Waals surface area contributed by atoms with Gasteiger partial charge < -0.3 is 19.7 Å². The van der Waals surface area contributed by atoms with E-state index < -0.39 is 6.04 Å². The first-order valence-electron chi connectivity index (χ1n) is 11.9. The lowest BCUT2D eigenvalue weighted by Crippen LogP contribution is -2.51. The number of methoxy groups -OCH3 is 1. The third-order valence-corrected chi connectivity index (χ3v) is 6.02. The van der Waals surface area contributed by atoms with Gasteiger partial charge in [0.25, 0.3) is 5.91 Å². The molecule has 0 aliphatic carbocycles. The lowest BCUT2D eigenvalue weighted by molar-refractivity contribution is -0.142. The van der Waals surface area contributed by atoms with Crippen molar-refractivity contribution in [1.82, 2.24) is 10.2 Å². The number of rotatable bonds is 11. The molecule has 0 aromatic heterocycles. The van der Waals surface area contributed by atoms with Crippen LogP contribution < -0.4 is 14.8 Å². The Labute approximate surface area is 207 Å². The Morgan fingerprint density at radius 2 is 1.66 bits per heavy atom. The zero-order valence-electron chi connectivity index (χ0n) is 20.9. The molecule has 184 valence electrons. The molecule has 6 nitrogen and oxygen atoms in total. The number of nitrogens with one attached hydrogen (secondary N) is 1. The Morgan fingerprint density at radius 1 is 0.943 bits per heavy atom. The predicted molar refractivity (Wildman–Crippen MR) is 138 cm³/mol. The standard InChI is InChI=1S/C29H34N2O4/c1-5-30-29(33)26(18-23-12-7-6-8-13-23)31(19-24-14-10-15-25(17-24)34-4)28(32)20-35-27-16-9-11-21(2)22(27)3/h6-17,26H,5,18-20H2,1-4H3,(H,30,33)/t26-/m1/s1. The minimum absolute atomic E-state index is 0.168. The van der Waals surface area contributed by atoms with Gasteiger partial charge in [-0.25, -0.2) is 0 Å². The summed E-state index contributed by atoms with van der Waals surface area (Å²) < 4.78 is 11.3. The lowest BCUT2D eigenvalue weighted by atomic mass is 10.0. The van der Waals surface area contributed by atoms with Crippen molar-refractivity contribution in [2.24, 2.45) is 0 Å². The summed E-state index contributed by atoms with van der Waals surface area (Å²) in [5, 5.41) is 2.90. The van der Waals surface area contributed by atoms with Gasteiger partial charge in [-0.3, -0.25) is 9.59 Å². The lowest BCUT2D eigenvalue weighted by Gasteiger charge is -2.31. The summed E-state index contributed by atoms with van der Waals surface area (Å²) in [7, 11) is 1.60. The van der Waals surface area contributed by atoms with Crippen molar-refractivity contribution in [1.29, 1.82) is 0 Å². The van der Waals surface area contributed by atoms with Gasteiger partial charge in [-0.1, -0.05) is 54.6 Å². The molecule has 3 rings (SSSR count). The molecule has 1 N–H and O–H groups in total. The fraction of sp³-hybridized carbons (Fsp3) is 0.310. The molecule has 3 aromatic carbocycles. The number of nitrogens with zero attached hydrogens (tertiary/aromatic N) is 1. The van der Waals surface area contributed by atoms with Crippen LogP contribution in [0.4, 0.5) is 0 Å². The predicted octanol–water partition coefficient (Wildman–Crippen LogP) is 4.47. The number of benzene rings is 3. The molecule has 0 unspecified atom stereocenters. The van der Waals surface area contributed by atoms with Crippen molar-refractivity contribution in [3.63, 3.8) is 0 Å². The summed E-state index contributed by atoms with van der Waals surface area (Å²) in [5.74, 6) is 0.900. The Balaban J connectivity index is 1.92. The van der Waals surface area contributed by atoms with Crippen LogP contribution in [0.3, 0.4) is 0 Å². The zero-order chi connectivity index (χ0) is 25.2. The number of hydrogen-bond donors (Lipinski definition) is 1. The number of amides is 2. The van der Waals surface area contributed by atoms with Crippen LogP contribution in [0.1, 0.15) is 29.2 Å². The average molecular weight is 475 g/mol. The number of likely N-dealkylation sites (N-methyl/N-ethyl adjacent to an activating group) is 1. The van der Waals surface area contributed by atoms with Crippen LogP contribution in [0.15, 0.2) is 72.8 Å². The van der Waals surface area contributed by atoms with Gasteiger partial charge >= 0.3 is 0 Å². The molecule has 1 atom stereocenters. The number of hydrogen-bond acceptors (Lipinski definition) is 4. The van der Waals surface area contributed by atoms with Crippen molar-refractivity contribution in [2.45, 2.75) is 39.8 Å². The van der Waals surface area contributed by atoms with Gasteiger partial charge in [0, 0.05) is 19.5 Å². The quantitative estimate of drug-likeness (QED) is 0.445. The molecule has 2 amide bonds. The average Bonchev–Trinajstić information content (AvgIpc) is 2.87. The number of aryl methyl sites for hydroxylation is 1. The van der Waals surface area contributed by atoms with E-state index in [1.165, 1.54) is 0 Å². The van der Waals surface area contributed by atoms with Gasteiger partial charge in [0.1, 0.15) is 17.5 Å². The molecule has 3 aromatic rings. The Hall–Kier alpha value is -3.80. The highest BCUT2D eigenvalue weighted by Crippen LogP contribution is 2.22. The van der Waals surface area contributed by atoms with Crippen LogP contribution >= 0.6 is 0 Å². The van der Waals surface area contributed by atoms with Crippen LogP contribution in [0, 0.1) is 13.8 Å². The highest BCUT2D eigenvalue weighted by atomic mass is 16.5. The van der Waals surface area contributed by atoms with Crippen LogP contribution in [0.25, 0.3) is 0 Å². The summed E-state index contributed by atoms with van der Waals surface area (Å²) in [4.78, 5) is 28.4. The zero-order valence-corrected chi connectivity index (χ0v) is 20.9. The second-order valence-electron chi connectivity index (χ2n) is 8.46. The van der Waals surface area contributed by atoms with Crippen LogP contribution in [-0.4, -0.2) is 43.0 Å². The van der Waals surface area contributed by atoms with Crippen LogP contribution in [0.5, 0.6) is 11.5 Å². The monoisotopic (exact) mass is 474 g/mol. The fourth-order valence-corrected chi connectivity index (χ4v) is 3.92. The maximum Gasteiger partial charge on any atom is 0.261 e. The maximum absolute atomic E-state index is 13.6. The molecule has 35 heavy (non-hydrogen) atoms. The Kier molecular flexibility index (Phi) is 9.30. The molecular weight excluding hydrogens is 440 g/mol. The number of carbonyl (C=O) groups excluding carboxylic acids is 2. The molecule has 0 heterocycles. The maximum atomic E-state index is 13.6. The van der Waals surface area contributed by atoms with Crippen molar-refractivity contribution in [3.05, 3.63) is 95.1 Å². The van der Waals surface area contributed by atoms with E-state index >= 15 is 0 Å². The van der Waals surface area contributed by atoms with E-state index in [1.807, 2.05) is 93.6 Å². The van der Waals surface area contributed by atoms with Gasteiger partial charge in [-0.2, -0.15) is 0 Å². The third kappa shape index (κ3) is 7.09. The fourth-order valence-electron chi connectivity index (χ4n) is 3.92. The van der Waals surface area contributed by atoms with E-state index in [0.717, 1.165) is 22.3 Å². The first kappa shape index (κ1) is 25.8. The van der Waals surface area contributed by atoms with Gasteiger partial charge in [-0.05, 0) is 61.2 Å². The summed E-state index contributed by atoms with van der Waals surface area (Å²) in [6.07, 6.45) is 0.395. The van der Waals surface area contributed by atoms with Crippen molar-refractivity contribution < 1.29 is 19.1 Å². The molecule has 0 aliphatic heterocycles. The van der Waals surface area contributed by atoms with Gasteiger partial charge in [0.05, 0.1) is 7.11 Å². The second-order valence-corrected chi connectivity index (χ2v) is 8.46. The van der Waals surface area contributed by atoms with Crippen molar-refractivity contribution >= 4 is 11.8 Å². The largest absolute Gasteiger partial charge is 0.497 e. The third-order valence-electron chi connectivity index (χ3n) is 6.02. The van der Waals surface area contributed by atoms with E-state index in [4.69, 9.17) is 9.47 Å². The van der Waals surface area contributed by atoms with E-state index in [0.29, 0.717) is 24.5 Å². The molecule has 6 heteroatoms. The Morgan fingerprint density at radius 3 is 2.37 bits per heavy atom. The normalized spacial score (nSPS) is 11.4. The highest BCUT2D eigenvalue weighted by molar-refractivity contribution is 5.88. The molecule has 0 spiro atoms. The smallest absolute Gasteiger partial charge is 0.261 e. The summed E-state index contributed by atoms with van der Waals surface area (Å²) >= 11 is 0. The van der Waals surface area contributed by atoms with Crippen LogP contribution in [-0.2, 0) is 22.6 Å². The molecule has 0 saturated carbocycles. The summed E-state index contributed by atoms with van der Waals surface area (Å²) in [5.41, 5.74) is 3.92. The molecular formula is C29H34N2O4. The van der Waals surface area contributed by atoms with E-state index in [2.05, 4.69) is 5.32 Å². The first-order chi connectivity index (χ1) is 16.9. The molecule has 0 aliphatic rings. The molecule has 0 saturated heterocycles. The molecule has 0 fully saturated rings. The summed E-state index contributed by atoms with van der Waals surface area (Å²) in [6.45, 7) is 6.40. The van der Waals surface area contributed by atoms with E-state index in [9.17, 15) is 9.59 Å². The topological polar surface area (TPSA) is 67.9 Å². The minimum Gasteiger partial charge on any atom is -0.497 e. The number of carbonyl (C=O) groups is 2. The van der Waals surface area contributed by atoms with Crippen LogP contribution in [0.2, 0.25) is 0 Å². The van der Waals surface area contributed by atoms with Gasteiger partial charge in [0.2, 0.25) is 5.91 Å². The Bertz CT molecular complexity index is 1130. The number of ether oxygens (including phenoxy) is 2. The van der Waals surface area contributed by atoms with Crippen molar-refractivity contribution in [2.75, 3.05) is 20.3 Å². The van der Waals surface area contributed by atoms with E-state index in [-0.39, 0.29) is 25.0 Å². The first-order valence-corrected chi connectivity index (χ1v) is 11.9. The van der Waals surface area contributed by atoms with E-state index in [1.54, 1.807) is 12.0 Å².